The number of aliphatic carboxylic acids is 1. The average molecular weight is 415 g/mol. The molecule has 0 fully saturated rings. The minimum Gasteiger partial charge on any atom is -0.480 e. The number of allylic oxidation sites excluding steroid dienone is 2. The second kappa shape index (κ2) is 8.57. The van der Waals surface area contributed by atoms with Gasteiger partial charge in [-0.05, 0) is 55.2 Å². The maximum atomic E-state index is 13.4. The zero-order chi connectivity index (χ0) is 21.0. The van der Waals surface area contributed by atoms with Gasteiger partial charge in [0.25, 0.3) is 5.91 Å². The van der Waals surface area contributed by atoms with E-state index in [-0.39, 0.29) is 6.42 Å². The fourth-order valence-corrected chi connectivity index (χ4v) is 3.68. The highest BCUT2D eigenvalue weighted by atomic mass is 35.5. The first-order chi connectivity index (χ1) is 13.8. The monoisotopic (exact) mass is 414 g/mol. The highest BCUT2D eigenvalue weighted by molar-refractivity contribution is 6.30. The Bertz CT molecular complexity index is 971. The molecule has 0 saturated carbocycles. The Balaban J connectivity index is 1.91. The van der Waals surface area contributed by atoms with Crippen LogP contribution >= 0.6 is 11.6 Å². The SMILES string of the molecule is CC1=CCC(C(=O)O)(C(=O)NN=Cc2ccc(Cl)cc2)C(c2ccc(F)cc2)C1. The van der Waals surface area contributed by atoms with Crippen LogP contribution in [0.2, 0.25) is 5.02 Å². The van der Waals surface area contributed by atoms with Gasteiger partial charge in [-0.15, -0.1) is 0 Å². The molecular weight excluding hydrogens is 395 g/mol. The molecule has 150 valence electrons. The highest BCUT2D eigenvalue weighted by Gasteiger charge is 2.53. The smallest absolute Gasteiger partial charge is 0.320 e. The second-order valence-electron chi connectivity index (χ2n) is 7.09. The number of amides is 1. The van der Waals surface area contributed by atoms with Gasteiger partial charge >= 0.3 is 5.97 Å². The molecule has 1 aliphatic carbocycles. The summed E-state index contributed by atoms with van der Waals surface area (Å²) in [6, 6.07) is 12.4. The van der Waals surface area contributed by atoms with Crippen molar-refractivity contribution in [3.8, 4) is 0 Å². The molecule has 2 aromatic carbocycles. The van der Waals surface area contributed by atoms with Crippen molar-refractivity contribution in [3.05, 3.63) is 82.1 Å². The number of benzene rings is 2. The number of hydrazone groups is 1. The number of carboxylic acid groups (broad SMARTS) is 1. The van der Waals surface area contributed by atoms with Gasteiger partial charge in [0.2, 0.25) is 0 Å². The van der Waals surface area contributed by atoms with E-state index in [4.69, 9.17) is 11.6 Å². The van der Waals surface area contributed by atoms with E-state index in [9.17, 15) is 19.1 Å². The van der Waals surface area contributed by atoms with E-state index in [1.165, 1.54) is 30.5 Å². The van der Waals surface area contributed by atoms with Crippen molar-refractivity contribution in [1.29, 1.82) is 0 Å². The van der Waals surface area contributed by atoms with Crippen LogP contribution in [0.1, 0.15) is 36.8 Å². The largest absolute Gasteiger partial charge is 0.480 e. The molecule has 0 saturated heterocycles. The maximum absolute atomic E-state index is 13.4. The Labute approximate surface area is 172 Å². The van der Waals surface area contributed by atoms with Crippen LogP contribution in [0.25, 0.3) is 0 Å². The lowest BCUT2D eigenvalue weighted by atomic mass is 9.64. The lowest BCUT2D eigenvalue weighted by Gasteiger charge is -2.38. The Morgan fingerprint density at radius 3 is 2.48 bits per heavy atom. The first kappa shape index (κ1) is 20.7. The van der Waals surface area contributed by atoms with Gasteiger partial charge in [-0.25, -0.2) is 9.82 Å². The Morgan fingerprint density at radius 1 is 1.21 bits per heavy atom. The van der Waals surface area contributed by atoms with Crippen molar-refractivity contribution in [2.24, 2.45) is 10.5 Å². The van der Waals surface area contributed by atoms with E-state index in [0.29, 0.717) is 22.6 Å². The van der Waals surface area contributed by atoms with E-state index >= 15 is 0 Å². The lowest BCUT2D eigenvalue weighted by molar-refractivity contribution is -0.158. The molecule has 1 amide bonds. The second-order valence-corrected chi connectivity index (χ2v) is 7.53. The minimum absolute atomic E-state index is 0.0263. The molecule has 0 bridgehead atoms. The van der Waals surface area contributed by atoms with Gasteiger partial charge in [-0.3, -0.25) is 9.59 Å². The number of halogens is 2. The third-order valence-corrected chi connectivity index (χ3v) is 5.45. The van der Waals surface area contributed by atoms with Crippen LogP contribution in [0.5, 0.6) is 0 Å². The van der Waals surface area contributed by atoms with Crippen LogP contribution in [-0.2, 0) is 9.59 Å². The summed E-state index contributed by atoms with van der Waals surface area (Å²) < 4.78 is 13.4. The summed E-state index contributed by atoms with van der Waals surface area (Å²) in [5, 5.41) is 14.5. The van der Waals surface area contributed by atoms with Gasteiger partial charge in [0.05, 0.1) is 6.21 Å². The topological polar surface area (TPSA) is 78.8 Å². The molecule has 0 aromatic heterocycles. The van der Waals surface area contributed by atoms with E-state index in [0.717, 1.165) is 5.57 Å². The van der Waals surface area contributed by atoms with E-state index < -0.39 is 29.0 Å². The number of hydrogen-bond acceptors (Lipinski definition) is 3. The Hall–Kier alpha value is -2.99. The van der Waals surface area contributed by atoms with Gasteiger partial charge in [0.15, 0.2) is 5.41 Å². The normalized spacial score (nSPS) is 21.6. The molecule has 1 aliphatic rings. The molecule has 5 nitrogen and oxygen atoms in total. The number of carboxylic acids is 1. The van der Waals surface area contributed by atoms with Crippen LogP contribution in [-0.4, -0.2) is 23.2 Å². The number of hydrogen-bond donors (Lipinski definition) is 2. The Kier molecular flexibility index (Phi) is 6.13. The van der Waals surface area contributed by atoms with Crippen molar-refractivity contribution >= 4 is 29.7 Å². The van der Waals surface area contributed by atoms with Crippen molar-refractivity contribution in [3.63, 3.8) is 0 Å². The molecule has 2 N–H and O–H groups in total. The number of carbonyl (C=O) groups is 2. The van der Waals surface area contributed by atoms with Crippen molar-refractivity contribution in [2.45, 2.75) is 25.7 Å². The third kappa shape index (κ3) is 4.38. The molecule has 3 rings (SSSR count). The lowest BCUT2D eigenvalue weighted by Crippen LogP contribution is -2.50. The first-order valence-corrected chi connectivity index (χ1v) is 9.44. The Morgan fingerprint density at radius 2 is 1.86 bits per heavy atom. The zero-order valence-electron chi connectivity index (χ0n) is 15.7. The van der Waals surface area contributed by atoms with Crippen LogP contribution in [0, 0.1) is 11.2 Å². The fourth-order valence-electron chi connectivity index (χ4n) is 3.55. The predicted molar refractivity (Wildman–Crippen MR) is 109 cm³/mol. The highest BCUT2D eigenvalue weighted by Crippen LogP contribution is 2.47. The molecule has 0 spiro atoms. The number of nitrogens with zero attached hydrogens (tertiary/aromatic N) is 1. The molecule has 7 heteroatoms. The van der Waals surface area contributed by atoms with Gasteiger partial charge < -0.3 is 5.11 Å². The van der Waals surface area contributed by atoms with Crippen LogP contribution in [0.4, 0.5) is 4.39 Å². The number of nitrogens with one attached hydrogen (secondary N) is 1. The summed E-state index contributed by atoms with van der Waals surface area (Å²) in [6.07, 6.45) is 3.59. The zero-order valence-corrected chi connectivity index (χ0v) is 16.5. The molecule has 2 unspecified atom stereocenters. The number of carbonyl (C=O) groups excluding carboxylic acids is 1. The molecule has 2 atom stereocenters. The quantitative estimate of drug-likeness (QED) is 0.326. The average Bonchev–Trinajstić information content (AvgIpc) is 2.70. The standard InChI is InChI=1S/C22H20ClFN2O3/c1-14-10-11-22(21(28)29,19(12-14)16-4-8-18(24)9-5-16)20(27)26-25-13-15-2-6-17(23)7-3-15/h2-10,13,19H,11-12H2,1H3,(H,26,27)(H,28,29). The van der Waals surface area contributed by atoms with Crippen LogP contribution in [0.15, 0.2) is 65.3 Å². The van der Waals surface area contributed by atoms with Gasteiger partial charge in [0.1, 0.15) is 5.82 Å². The maximum Gasteiger partial charge on any atom is 0.320 e. The summed E-state index contributed by atoms with van der Waals surface area (Å²) in [7, 11) is 0. The van der Waals surface area contributed by atoms with Gasteiger partial charge in [-0.1, -0.05) is 47.5 Å². The summed E-state index contributed by atoms with van der Waals surface area (Å²) >= 11 is 5.84. The van der Waals surface area contributed by atoms with E-state index in [1.54, 1.807) is 30.3 Å². The van der Waals surface area contributed by atoms with Gasteiger partial charge in [0, 0.05) is 10.9 Å². The van der Waals surface area contributed by atoms with Crippen molar-refractivity contribution < 1.29 is 19.1 Å². The fraction of sp³-hybridized carbons (Fsp3) is 0.227. The van der Waals surface area contributed by atoms with Crippen LogP contribution < -0.4 is 5.43 Å². The van der Waals surface area contributed by atoms with Crippen LogP contribution in [0.3, 0.4) is 0 Å². The summed E-state index contributed by atoms with van der Waals surface area (Å²) in [5.41, 5.74) is 2.91. The molecule has 29 heavy (non-hydrogen) atoms. The molecule has 2 aromatic rings. The number of rotatable bonds is 5. The third-order valence-electron chi connectivity index (χ3n) is 5.20. The summed E-state index contributed by atoms with van der Waals surface area (Å²) in [4.78, 5) is 25.3. The van der Waals surface area contributed by atoms with Crippen molar-refractivity contribution in [2.75, 3.05) is 0 Å². The summed E-state index contributed by atoms with van der Waals surface area (Å²) in [6.45, 7) is 1.89. The minimum atomic E-state index is -1.74. The van der Waals surface area contributed by atoms with E-state index in [1.807, 2.05) is 6.92 Å². The predicted octanol–water partition coefficient (Wildman–Crippen LogP) is 4.52. The molecule has 0 aliphatic heterocycles. The van der Waals surface area contributed by atoms with Crippen molar-refractivity contribution in [1.82, 2.24) is 5.43 Å². The summed E-state index contributed by atoms with van der Waals surface area (Å²) in [5.74, 6) is -3.02. The van der Waals surface area contributed by atoms with E-state index in [2.05, 4.69) is 10.5 Å². The molecular formula is C22H20ClFN2O3. The van der Waals surface area contributed by atoms with Gasteiger partial charge in [-0.2, -0.15) is 5.10 Å². The first-order valence-electron chi connectivity index (χ1n) is 9.06. The molecule has 0 heterocycles. The molecule has 0 radical (unpaired) electrons.